The zero-order valence-electron chi connectivity index (χ0n) is 3.60. The van der Waals surface area contributed by atoms with Crippen LogP contribution in [0.2, 0.25) is 0 Å². The molecule has 0 aromatic carbocycles. The fraction of sp³-hybridized carbons (Fsp3) is 0. The van der Waals surface area contributed by atoms with Crippen LogP contribution in [-0.2, 0) is 0.665 Å². The monoisotopic (exact) mass is 599 g/mol. The van der Waals surface area contributed by atoms with Gasteiger partial charge in [0.15, 0.2) is 0 Å². The first kappa shape index (κ1) is 15.0. The molecule has 8 heavy (non-hydrogen) atoms. The average Bonchev–Trinajstić information content (AvgIpc) is 0.592. The van der Waals surface area contributed by atoms with E-state index in [0.29, 0.717) is 0 Å². The van der Waals surface area contributed by atoms with Crippen molar-refractivity contribution in [3.05, 3.63) is 0 Å². The van der Waals surface area contributed by atoms with Crippen molar-refractivity contribution in [1.82, 2.24) is 0 Å². The second-order valence-electron chi connectivity index (χ2n) is 0.714. The van der Waals surface area contributed by atoms with Gasteiger partial charge in [0.2, 0.25) is 0 Å². The Morgan fingerprint density at radius 3 is 0.625 bits per heavy atom. The second-order valence-corrected chi connectivity index (χ2v) is 114. The predicted molar refractivity (Wildman–Crippen MR) is 53.6 cm³/mol. The van der Waals surface area contributed by atoms with E-state index in [2.05, 4.69) is 81.7 Å². The fourth-order valence-corrected chi connectivity index (χ4v) is 0. The summed E-state index contributed by atoms with van der Waals surface area (Å²) in [5.74, 6) is 0. The zero-order valence-corrected chi connectivity index (χ0v) is 16.8. The van der Waals surface area contributed by atoms with Crippen molar-refractivity contribution in [2.24, 2.45) is 0 Å². The number of halogens is 6. The van der Waals surface area contributed by atoms with Crippen LogP contribution in [0.5, 0.6) is 0 Å². The standard InChI is InChI=1S/6BrH.Na.Rh/h6*1H;;/q;;;;;;+1;+5/p-6. The van der Waals surface area contributed by atoms with E-state index in [1.807, 2.05) is 0 Å². The van der Waals surface area contributed by atoms with E-state index < -0.39 is 0.665 Å². The van der Waals surface area contributed by atoms with Crippen LogP contribution in [0.3, 0.4) is 0 Å². The minimum atomic E-state index is -3.11. The van der Waals surface area contributed by atoms with Gasteiger partial charge in [0.25, 0.3) is 0 Å². The van der Waals surface area contributed by atoms with E-state index in [1.54, 1.807) is 0 Å². The summed E-state index contributed by atoms with van der Waals surface area (Å²) < 4.78 is -3.11. The van der Waals surface area contributed by atoms with Crippen molar-refractivity contribution in [2.45, 2.75) is 0 Å². The maximum Gasteiger partial charge on any atom is 1.00 e. The Labute approximate surface area is 109 Å². The maximum absolute atomic E-state index is 3.34. The third-order valence-corrected chi connectivity index (χ3v) is 0. The molecule has 0 unspecified atom stereocenters. The number of hydrogen-bond acceptors (Lipinski definition) is 0. The van der Waals surface area contributed by atoms with Gasteiger partial charge in [0.1, 0.15) is 0 Å². The Hall–Kier alpha value is 4.50. The summed E-state index contributed by atoms with van der Waals surface area (Å²) in [7, 11) is 0. The van der Waals surface area contributed by atoms with Crippen molar-refractivity contribution in [3.63, 3.8) is 0 Å². The summed E-state index contributed by atoms with van der Waals surface area (Å²) in [5.41, 5.74) is 0. The summed E-state index contributed by atoms with van der Waals surface area (Å²) in [6.07, 6.45) is 0. The van der Waals surface area contributed by atoms with Crippen LogP contribution >= 0.6 is 81.7 Å². The molecule has 52 valence electrons. The van der Waals surface area contributed by atoms with E-state index in [9.17, 15) is 0 Å². The van der Waals surface area contributed by atoms with Crippen LogP contribution in [0.4, 0.5) is 0 Å². The van der Waals surface area contributed by atoms with Crippen LogP contribution in [0.15, 0.2) is 0 Å². The summed E-state index contributed by atoms with van der Waals surface area (Å²) in [6, 6.07) is 0. The van der Waals surface area contributed by atoms with Crippen molar-refractivity contribution < 1.29 is 30.2 Å². The van der Waals surface area contributed by atoms with Gasteiger partial charge < -0.3 is 0 Å². The van der Waals surface area contributed by atoms with Gasteiger partial charge in [0.05, 0.1) is 0 Å². The molecule has 0 saturated carbocycles. The first-order chi connectivity index (χ1) is 2.45. The molecule has 0 bridgehead atoms. The van der Waals surface area contributed by atoms with Crippen LogP contribution in [0.25, 0.3) is 0 Å². The Bertz CT molecular complexity index is 67.1. The minimum absolute atomic E-state index is 0. The van der Waals surface area contributed by atoms with Gasteiger partial charge in [-0.05, 0) is 0 Å². The van der Waals surface area contributed by atoms with Crippen molar-refractivity contribution in [1.29, 1.82) is 0 Å². The van der Waals surface area contributed by atoms with E-state index in [0.717, 1.165) is 0 Å². The third-order valence-electron chi connectivity index (χ3n) is 0. The fourth-order valence-electron chi connectivity index (χ4n) is 0. The Morgan fingerprint density at radius 1 is 0.625 bits per heavy atom. The molecule has 0 aliphatic heterocycles. The summed E-state index contributed by atoms with van der Waals surface area (Å²) >= 11 is 20.0. The molecule has 0 aromatic rings. The molecule has 0 spiro atoms. The first-order valence-electron chi connectivity index (χ1n) is 0.756. The van der Waals surface area contributed by atoms with Crippen LogP contribution in [-0.4, -0.2) is 0 Å². The molecule has 0 aliphatic carbocycles. The molecular formula is Br6NaRh. The van der Waals surface area contributed by atoms with E-state index in [4.69, 9.17) is 0 Å². The number of hydrogen-bond donors (Lipinski definition) is 0. The molecule has 0 saturated heterocycles. The Balaban J connectivity index is 0. The Kier molecular flexibility index (Phi) is 6.25. The van der Waals surface area contributed by atoms with Gasteiger partial charge in [-0.1, -0.05) is 0 Å². The van der Waals surface area contributed by atoms with Gasteiger partial charge in [-0.3, -0.25) is 0 Å². The quantitative estimate of drug-likeness (QED) is 0.372. The molecule has 0 heterocycles. The second kappa shape index (κ2) is 3.34. The van der Waals surface area contributed by atoms with Gasteiger partial charge in [0, 0.05) is 0 Å². The largest absolute Gasteiger partial charge is 1.00 e. The molecule has 0 fully saturated rings. The van der Waals surface area contributed by atoms with Crippen LogP contribution < -0.4 is 29.6 Å². The van der Waals surface area contributed by atoms with E-state index in [1.165, 1.54) is 0 Å². The maximum atomic E-state index is 3.34. The SMILES string of the molecule is [Br][Rh-]([Br])([Br])([Br])([Br])[Br].[Na+]. The summed E-state index contributed by atoms with van der Waals surface area (Å²) in [4.78, 5) is 0. The molecule has 0 aliphatic rings. The molecule has 0 nitrogen and oxygen atoms in total. The molecular weight excluding hydrogens is 605 g/mol. The predicted octanol–water partition coefficient (Wildman–Crippen LogP) is 2.08. The molecule has 0 radical (unpaired) electrons. The van der Waals surface area contributed by atoms with Crippen LogP contribution in [0.1, 0.15) is 0 Å². The average molecular weight is 605 g/mol. The van der Waals surface area contributed by atoms with E-state index in [-0.39, 0.29) is 29.6 Å². The van der Waals surface area contributed by atoms with Crippen molar-refractivity contribution in [2.75, 3.05) is 0 Å². The molecule has 0 atom stereocenters. The summed E-state index contributed by atoms with van der Waals surface area (Å²) in [6.45, 7) is 0. The van der Waals surface area contributed by atoms with Crippen molar-refractivity contribution in [3.8, 4) is 0 Å². The van der Waals surface area contributed by atoms with Crippen LogP contribution in [0, 0.1) is 0 Å². The molecule has 0 amide bonds. The minimum Gasteiger partial charge on any atom is 1.00 e. The normalized spacial score (nSPS) is 20.2. The van der Waals surface area contributed by atoms with Gasteiger partial charge >= 0.3 is 112 Å². The third kappa shape index (κ3) is 46.8. The smallest absolute Gasteiger partial charge is 1.00 e. The molecule has 8 heteroatoms. The van der Waals surface area contributed by atoms with Gasteiger partial charge in [-0.2, -0.15) is 0 Å². The summed E-state index contributed by atoms with van der Waals surface area (Å²) in [5, 5.41) is 0. The Morgan fingerprint density at radius 2 is 0.625 bits per heavy atom. The first-order valence-corrected chi connectivity index (χ1v) is 23.2. The number of rotatable bonds is 0. The molecule has 0 rings (SSSR count). The molecule has 0 N–H and O–H groups in total. The van der Waals surface area contributed by atoms with E-state index >= 15 is 0 Å². The zero-order chi connectivity index (χ0) is 6.41. The van der Waals surface area contributed by atoms with Gasteiger partial charge in [-0.15, -0.1) is 0 Å². The van der Waals surface area contributed by atoms with Crippen molar-refractivity contribution >= 4 is 81.7 Å². The van der Waals surface area contributed by atoms with Gasteiger partial charge in [-0.25, -0.2) is 0 Å². The topological polar surface area (TPSA) is 0 Å². The molecule has 0 aromatic heterocycles.